The predicted molar refractivity (Wildman–Crippen MR) is 126 cm³/mol. The zero-order valence-corrected chi connectivity index (χ0v) is 18.7. The molecule has 0 saturated carbocycles. The van der Waals surface area contributed by atoms with Crippen LogP contribution in [-0.4, -0.2) is 61.1 Å². The molecule has 4 nitrogen and oxygen atoms in total. The number of carbonyl (C=O) groups is 1. The molecule has 0 radical (unpaired) electrons. The van der Waals surface area contributed by atoms with Crippen LogP contribution in [0.4, 0.5) is 0 Å². The Labute approximate surface area is 185 Å². The third kappa shape index (κ3) is 4.19. The van der Waals surface area contributed by atoms with Crippen LogP contribution in [0.3, 0.4) is 0 Å². The van der Waals surface area contributed by atoms with Gasteiger partial charge >= 0.3 is 0 Å². The lowest BCUT2D eigenvalue weighted by Gasteiger charge is -2.42. The molecule has 0 aliphatic carbocycles. The molecule has 1 spiro atoms. The standard InChI is InChI=1S/C27H32N2O2/c1-20-9-16-31-27(19-20)10-14-29(15-11-27)26(30)25-6-5-23-17-22(3-4-24(23)18-25)21-7-12-28(2)13-8-21/h3-7,17-19H,8-16H2,1-2H3. The SMILES string of the molecule is CC1=CC2(CCN(C(=O)c3ccc4cc(C5=CCN(C)CC5)ccc4c3)CC2)OCC1. The van der Waals surface area contributed by atoms with Gasteiger partial charge in [0.05, 0.1) is 12.2 Å². The summed E-state index contributed by atoms with van der Waals surface area (Å²) in [6.07, 6.45) is 8.52. The van der Waals surface area contributed by atoms with E-state index in [-0.39, 0.29) is 11.5 Å². The molecule has 0 aromatic heterocycles. The largest absolute Gasteiger partial charge is 0.370 e. The fourth-order valence-electron chi connectivity index (χ4n) is 5.15. The Hall–Kier alpha value is -2.43. The number of likely N-dealkylation sites (N-methyl/N-ethyl adjacent to an activating group) is 1. The van der Waals surface area contributed by atoms with Gasteiger partial charge in [-0.1, -0.05) is 35.9 Å². The van der Waals surface area contributed by atoms with Gasteiger partial charge in [-0.15, -0.1) is 0 Å². The number of rotatable bonds is 2. The van der Waals surface area contributed by atoms with E-state index in [1.807, 2.05) is 11.0 Å². The summed E-state index contributed by atoms with van der Waals surface area (Å²) >= 11 is 0. The van der Waals surface area contributed by atoms with E-state index in [9.17, 15) is 4.79 Å². The van der Waals surface area contributed by atoms with Crippen molar-refractivity contribution in [2.45, 2.75) is 38.2 Å². The number of piperidine rings is 1. The molecule has 1 amide bonds. The van der Waals surface area contributed by atoms with Crippen molar-refractivity contribution in [2.24, 2.45) is 0 Å². The summed E-state index contributed by atoms with van der Waals surface area (Å²) in [5, 5.41) is 2.33. The molecule has 0 atom stereocenters. The minimum Gasteiger partial charge on any atom is -0.370 e. The van der Waals surface area contributed by atoms with Gasteiger partial charge in [-0.3, -0.25) is 4.79 Å². The predicted octanol–water partition coefficient (Wildman–Crippen LogP) is 4.90. The van der Waals surface area contributed by atoms with Gasteiger partial charge in [0.15, 0.2) is 0 Å². The van der Waals surface area contributed by atoms with E-state index in [2.05, 4.69) is 61.4 Å². The second kappa shape index (κ2) is 8.25. The van der Waals surface area contributed by atoms with E-state index in [0.29, 0.717) is 0 Å². The normalized spacial score (nSPS) is 21.8. The van der Waals surface area contributed by atoms with Gasteiger partial charge in [0, 0.05) is 31.7 Å². The Morgan fingerprint density at radius 1 is 1.00 bits per heavy atom. The monoisotopic (exact) mass is 416 g/mol. The first-order valence-electron chi connectivity index (χ1n) is 11.5. The van der Waals surface area contributed by atoms with E-state index in [4.69, 9.17) is 4.74 Å². The number of hydrogen-bond acceptors (Lipinski definition) is 3. The number of likely N-dealkylation sites (tertiary alicyclic amines) is 1. The number of benzene rings is 2. The maximum absolute atomic E-state index is 13.2. The molecular weight excluding hydrogens is 384 g/mol. The third-order valence-corrected chi connectivity index (χ3v) is 7.16. The maximum Gasteiger partial charge on any atom is 0.253 e. The summed E-state index contributed by atoms with van der Waals surface area (Å²) in [4.78, 5) is 17.5. The molecule has 2 aromatic carbocycles. The average molecular weight is 417 g/mol. The lowest BCUT2D eigenvalue weighted by atomic mass is 9.86. The topological polar surface area (TPSA) is 32.8 Å². The molecule has 1 saturated heterocycles. The number of nitrogens with zero attached hydrogens (tertiary/aromatic N) is 2. The first kappa shape index (κ1) is 20.5. The van der Waals surface area contributed by atoms with Crippen LogP contribution >= 0.6 is 0 Å². The lowest BCUT2D eigenvalue weighted by Crippen LogP contribution is -2.48. The highest BCUT2D eigenvalue weighted by Crippen LogP contribution is 2.34. The smallest absolute Gasteiger partial charge is 0.253 e. The minimum atomic E-state index is -0.151. The Morgan fingerprint density at radius 3 is 2.52 bits per heavy atom. The van der Waals surface area contributed by atoms with E-state index in [0.717, 1.165) is 69.4 Å². The van der Waals surface area contributed by atoms with Crippen LogP contribution in [0.25, 0.3) is 16.3 Å². The van der Waals surface area contributed by atoms with E-state index < -0.39 is 0 Å². The van der Waals surface area contributed by atoms with Crippen molar-refractivity contribution in [3.05, 3.63) is 65.3 Å². The summed E-state index contributed by atoms with van der Waals surface area (Å²) in [6.45, 7) is 6.61. The van der Waals surface area contributed by atoms with Crippen LogP contribution < -0.4 is 0 Å². The van der Waals surface area contributed by atoms with Crippen molar-refractivity contribution in [3.8, 4) is 0 Å². The van der Waals surface area contributed by atoms with Gasteiger partial charge in [0.2, 0.25) is 0 Å². The van der Waals surface area contributed by atoms with Crippen LogP contribution in [0.15, 0.2) is 54.1 Å². The molecule has 0 bridgehead atoms. The van der Waals surface area contributed by atoms with E-state index >= 15 is 0 Å². The highest BCUT2D eigenvalue weighted by atomic mass is 16.5. The van der Waals surface area contributed by atoms with E-state index in [1.54, 1.807) is 0 Å². The summed E-state index contributed by atoms with van der Waals surface area (Å²) in [5.41, 5.74) is 4.77. The van der Waals surface area contributed by atoms with Gasteiger partial charge in [-0.25, -0.2) is 0 Å². The first-order chi connectivity index (χ1) is 15.0. The van der Waals surface area contributed by atoms with Gasteiger partial charge in [0.1, 0.15) is 0 Å². The van der Waals surface area contributed by atoms with Gasteiger partial charge < -0.3 is 14.5 Å². The lowest BCUT2D eigenvalue weighted by molar-refractivity contribution is -0.0522. The zero-order valence-electron chi connectivity index (χ0n) is 18.7. The van der Waals surface area contributed by atoms with Crippen molar-refractivity contribution >= 4 is 22.3 Å². The number of carbonyl (C=O) groups excluding carboxylic acids is 1. The molecule has 162 valence electrons. The average Bonchev–Trinajstić information content (AvgIpc) is 2.79. The third-order valence-electron chi connectivity index (χ3n) is 7.16. The fourth-order valence-corrected chi connectivity index (χ4v) is 5.15. The molecular formula is C27H32N2O2. The van der Waals surface area contributed by atoms with Crippen molar-refractivity contribution < 1.29 is 9.53 Å². The van der Waals surface area contributed by atoms with Crippen LogP contribution in [0.1, 0.15) is 48.5 Å². The molecule has 1 fully saturated rings. The van der Waals surface area contributed by atoms with Crippen molar-refractivity contribution in [2.75, 3.05) is 39.8 Å². The van der Waals surface area contributed by atoms with Crippen LogP contribution in [0.2, 0.25) is 0 Å². The zero-order chi connectivity index (χ0) is 21.4. The Morgan fingerprint density at radius 2 is 1.77 bits per heavy atom. The second-order valence-corrected chi connectivity index (χ2v) is 9.46. The molecule has 3 heterocycles. The molecule has 31 heavy (non-hydrogen) atoms. The second-order valence-electron chi connectivity index (χ2n) is 9.46. The van der Waals surface area contributed by atoms with Crippen LogP contribution in [0, 0.1) is 0 Å². The quantitative estimate of drug-likeness (QED) is 0.653. The number of ether oxygens (including phenoxy) is 1. The van der Waals surface area contributed by atoms with Crippen molar-refractivity contribution in [1.29, 1.82) is 0 Å². The molecule has 0 unspecified atom stereocenters. The van der Waals surface area contributed by atoms with Crippen molar-refractivity contribution in [1.82, 2.24) is 9.80 Å². The Balaban J connectivity index is 1.31. The highest BCUT2D eigenvalue weighted by Gasteiger charge is 2.36. The maximum atomic E-state index is 13.2. The van der Waals surface area contributed by atoms with Crippen molar-refractivity contribution in [3.63, 3.8) is 0 Å². The molecule has 3 aliphatic heterocycles. The fraction of sp³-hybridized carbons (Fsp3) is 0.444. The Bertz CT molecular complexity index is 1060. The molecule has 3 aliphatic rings. The minimum absolute atomic E-state index is 0.135. The molecule has 4 heteroatoms. The van der Waals surface area contributed by atoms with Crippen LogP contribution in [0.5, 0.6) is 0 Å². The van der Waals surface area contributed by atoms with E-state index in [1.165, 1.54) is 22.1 Å². The molecule has 5 rings (SSSR count). The number of fused-ring (bicyclic) bond motifs is 1. The van der Waals surface area contributed by atoms with Crippen LogP contribution in [-0.2, 0) is 4.74 Å². The summed E-state index contributed by atoms with van der Waals surface area (Å²) in [5.74, 6) is 0.135. The number of amides is 1. The summed E-state index contributed by atoms with van der Waals surface area (Å²) in [7, 11) is 2.16. The molecule has 2 aromatic rings. The van der Waals surface area contributed by atoms with Gasteiger partial charge in [0.25, 0.3) is 5.91 Å². The number of hydrogen-bond donors (Lipinski definition) is 0. The van der Waals surface area contributed by atoms with Gasteiger partial charge in [-0.2, -0.15) is 0 Å². The van der Waals surface area contributed by atoms with Gasteiger partial charge in [-0.05, 0) is 79.8 Å². The molecule has 0 N–H and O–H groups in total. The summed E-state index contributed by atoms with van der Waals surface area (Å²) in [6, 6.07) is 12.8. The summed E-state index contributed by atoms with van der Waals surface area (Å²) < 4.78 is 6.11. The Kier molecular flexibility index (Phi) is 5.45. The first-order valence-corrected chi connectivity index (χ1v) is 11.5. The highest BCUT2D eigenvalue weighted by molar-refractivity contribution is 5.99.